The third kappa shape index (κ3) is 3.74. The van der Waals surface area contributed by atoms with Crippen molar-refractivity contribution in [3.63, 3.8) is 0 Å². The van der Waals surface area contributed by atoms with Gasteiger partial charge in [0, 0.05) is 31.4 Å². The van der Waals surface area contributed by atoms with E-state index < -0.39 is 0 Å². The third-order valence-electron chi connectivity index (χ3n) is 3.63. The summed E-state index contributed by atoms with van der Waals surface area (Å²) >= 11 is 0. The highest BCUT2D eigenvalue weighted by Crippen LogP contribution is 2.24. The van der Waals surface area contributed by atoms with Crippen molar-refractivity contribution in [2.45, 2.75) is 26.2 Å². The molecule has 0 aliphatic carbocycles. The van der Waals surface area contributed by atoms with Crippen molar-refractivity contribution in [3.05, 3.63) is 30.2 Å². The molecule has 1 aliphatic heterocycles. The number of nitrogens with one attached hydrogen (secondary N) is 2. The first-order valence-electron chi connectivity index (χ1n) is 7.59. The Morgan fingerprint density at radius 3 is 3.04 bits per heavy atom. The summed E-state index contributed by atoms with van der Waals surface area (Å²) in [4.78, 5) is 26.5. The van der Waals surface area contributed by atoms with Crippen LogP contribution in [0, 0.1) is 0 Å². The average Bonchev–Trinajstić information content (AvgIpc) is 3.02. The van der Waals surface area contributed by atoms with E-state index in [1.165, 1.54) is 6.92 Å². The molecule has 1 aliphatic rings. The van der Waals surface area contributed by atoms with Gasteiger partial charge in [0.25, 0.3) is 0 Å². The van der Waals surface area contributed by atoms with E-state index in [1.807, 2.05) is 12.1 Å². The minimum Gasteiger partial charge on any atom is -0.368 e. The van der Waals surface area contributed by atoms with E-state index in [0.29, 0.717) is 19.7 Å². The fourth-order valence-corrected chi connectivity index (χ4v) is 2.41. The Morgan fingerprint density at radius 1 is 1.42 bits per heavy atom. The maximum absolute atomic E-state index is 11.6. The maximum atomic E-state index is 11.6. The van der Waals surface area contributed by atoms with Crippen molar-refractivity contribution >= 4 is 11.8 Å². The number of ether oxygens (including phenoxy) is 1. The van der Waals surface area contributed by atoms with E-state index in [-0.39, 0.29) is 24.5 Å². The van der Waals surface area contributed by atoms with Crippen LogP contribution < -0.4 is 10.6 Å². The standard InChI is InChI=1S/C15H18N6O3/c1-10(22)17-7-14(23)18-6-12-8-21-13(9-24-12)15(19-20-21)11-3-2-4-16-5-11/h2-5,12H,6-9H2,1H3,(H,17,22)(H,18,23). The molecular weight excluding hydrogens is 312 g/mol. The molecule has 126 valence electrons. The molecule has 0 aromatic carbocycles. The van der Waals surface area contributed by atoms with Crippen LogP contribution in [0.1, 0.15) is 12.6 Å². The zero-order valence-corrected chi connectivity index (χ0v) is 13.2. The van der Waals surface area contributed by atoms with Crippen LogP contribution >= 0.6 is 0 Å². The number of carbonyl (C=O) groups is 2. The van der Waals surface area contributed by atoms with E-state index in [1.54, 1.807) is 17.1 Å². The summed E-state index contributed by atoms with van der Waals surface area (Å²) in [5.41, 5.74) is 2.55. The predicted octanol–water partition coefficient (Wildman–Crippen LogP) is -0.509. The van der Waals surface area contributed by atoms with Crippen LogP contribution in [0.3, 0.4) is 0 Å². The summed E-state index contributed by atoms with van der Waals surface area (Å²) in [7, 11) is 0. The van der Waals surface area contributed by atoms with Crippen LogP contribution in [-0.4, -0.2) is 51.0 Å². The summed E-state index contributed by atoms with van der Waals surface area (Å²) in [6.07, 6.45) is 3.25. The first kappa shape index (κ1) is 16.1. The molecule has 1 unspecified atom stereocenters. The van der Waals surface area contributed by atoms with Gasteiger partial charge >= 0.3 is 0 Å². The van der Waals surface area contributed by atoms with Crippen LogP contribution in [0.15, 0.2) is 24.5 Å². The molecule has 1 atom stereocenters. The molecule has 0 spiro atoms. The van der Waals surface area contributed by atoms with Crippen molar-refractivity contribution < 1.29 is 14.3 Å². The summed E-state index contributed by atoms with van der Waals surface area (Å²) < 4.78 is 7.57. The zero-order valence-electron chi connectivity index (χ0n) is 13.2. The highest BCUT2D eigenvalue weighted by atomic mass is 16.5. The second kappa shape index (κ2) is 7.18. The molecule has 3 heterocycles. The van der Waals surface area contributed by atoms with E-state index >= 15 is 0 Å². The van der Waals surface area contributed by atoms with Crippen molar-refractivity contribution in [2.75, 3.05) is 13.1 Å². The normalized spacial score (nSPS) is 16.3. The Labute approximate surface area is 138 Å². The van der Waals surface area contributed by atoms with E-state index in [4.69, 9.17) is 4.74 Å². The van der Waals surface area contributed by atoms with Crippen molar-refractivity contribution in [1.29, 1.82) is 0 Å². The van der Waals surface area contributed by atoms with Gasteiger partial charge in [-0.1, -0.05) is 5.21 Å². The highest BCUT2D eigenvalue weighted by Gasteiger charge is 2.24. The van der Waals surface area contributed by atoms with Gasteiger partial charge in [0.1, 0.15) is 5.69 Å². The number of aromatic nitrogens is 4. The molecule has 0 fully saturated rings. The van der Waals surface area contributed by atoms with Crippen molar-refractivity contribution in [1.82, 2.24) is 30.6 Å². The Kier molecular flexibility index (Phi) is 4.80. The van der Waals surface area contributed by atoms with E-state index in [9.17, 15) is 9.59 Å². The molecule has 2 amide bonds. The summed E-state index contributed by atoms with van der Waals surface area (Å²) in [6.45, 7) is 2.54. The van der Waals surface area contributed by atoms with Gasteiger partial charge in [0.15, 0.2) is 0 Å². The largest absolute Gasteiger partial charge is 0.368 e. The molecule has 9 heteroatoms. The smallest absolute Gasteiger partial charge is 0.239 e. The fraction of sp³-hybridized carbons (Fsp3) is 0.400. The van der Waals surface area contributed by atoms with Crippen LogP contribution in [0.4, 0.5) is 0 Å². The van der Waals surface area contributed by atoms with Gasteiger partial charge in [0.2, 0.25) is 11.8 Å². The monoisotopic (exact) mass is 330 g/mol. The Balaban J connectivity index is 1.57. The van der Waals surface area contributed by atoms with Gasteiger partial charge in [-0.25, -0.2) is 4.68 Å². The fourth-order valence-electron chi connectivity index (χ4n) is 2.41. The second-order valence-electron chi connectivity index (χ2n) is 5.46. The number of carbonyl (C=O) groups excluding carboxylic acids is 2. The lowest BCUT2D eigenvalue weighted by Gasteiger charge is -2.24. The minimum absolute atomic E-state index is 0.0399. The number of hydrogen-bond donors (Lipinski definition) is 2. The molecule has 9 nitrogen and oxygen atoms in total. The van der Waals surface area contributed by atoms with Crippen molar-refractivity contribution in [2.24, 2.45) is 0 Å². The highest BCUT2D eigenvalue weighted by molar-refractivity contribution is 5.83. The molecule has 0 radical (unpaired) electrons. The number of pyridine rings is 1. The van der Waals surface area contributed by atoms with Crippen LogP contribution in [-0.2, 0) is 27.5 Å². The van der Waals surface area contributed by atoms with Gasteiger partial charge in [0.05, 0.1) is 31.5 Å². The molecule has 0 saturated heterocycles. The van der Waals surface area contributed by atoms with Crippen molar-refractivity contribution in [3.8, 4) is 11.3 Å². The lowest BCUT2D eigenvalue weighted by atomic mass is 10.1. The molecule has 0 bridgehead atoms. The minimum atomic E-state index is -0.255. The van der Waals surface area contributed by atoms with Gasteiger partial charge in [-0.15, -0.1) is 5.10 Å². The first-order valence-corrected chi connectivity index (χ1v) is 7.59. The number of fused-ring (bicyclic) bond motifs is 1. The maximum Gasteiger partial charge on any atom is 0.239 e. The summed E-state index contributed by atoms with van der Waals surface area (Å²) in [6, 6.07) is 3.77. The predicted molar refractivity (Wildman–Crippen MR) is 83.5 cm³/mol. The quantitative estimate of drug-likeness (QED) is 0.764. The summed E-state index contributed by atoms with van der Waals surface area (Å²) in [5.74, 6) is -0.497. The molecule has 2 N–H and O–H groups in total. The number of amides is 2. The Bertz CT molecular complexity index is 730. The molecule has 3 rings (SSSR count). The van der Waals surface area contributed by atoms with Gasteiger partial charge in [-0.05, 0) is 12.1 Å². The van der Waals surface area contributed by atoms with E-state index in [0.717, 1.165) is 17.0 Å². The topological polar surface area (TPSA) is 111 Å². The molecule has 2 aromatic rings. The lowest BCUT2D eigenvalue weighted by molar-refractivity contribution is -0.125. The Hall–Kier alpha value is -2.81. The number of hydrogen-bond acceptors (Lipinski definition) is 6. The third-order valence-corrected chi connectivity index (χ3v) is 3.63. The SMILES string of the molecule is CC(=O)NCC(=O)NCC1Cn2nnc(-c3cccnc3)c2CO1. The van der Waals surface area contributed by atoms with Crippen LogP contribution in [0.5, 0.6) is 0 Å². The summed E-state index contributed by atoms with van der Waals surface area (Å²) in [5, 5.41) is 13.5. The molecule has 2 aromatic heterocycles. The van der Waals surface area contributed by atoms with Gasteiger partial charge < -0.3 is 15.4 Å². The average molecular weight is 330 g/mol. The molecule has 0 saturated carbocycles. The lowest BCUT2D eigenvalue weighted by Crippen LogP contribution is -2.42. The van der Waals surface area contributed by atoms with Gasteiger partial charge in [-0.2, -0.15) is 0 Å². The zero-order chi connectivity index (χ0) is 16.9. The number of nitrogens with zero attached hydrogens (tertiary/aromatic N) is 4. The molecular formula is C15H18N6O3. The van der Waals surface area contributed by atoms with E-state index in [2.05, 4.69) is 25.9 Å². The Morgan fingerprint density at radius 2 is 2.29 bits per heavy atom. The van der Waals surface area contributed by atoms with Crippen LogP contribution in [0.25, 0.3) is 11.3 Å². The first-order chi connectivity index (χ1) is 11.6. The second-order valence-corrected chi connectivity index (χ2v) is 5.46. The van der Waals surface area contributed by atoms with Gasteiger partial charge in [-0.3, -0.25) is 14.6 Å². The molecule has 24 heavy (non-hydrogen) atoms. The number of rotatable bonds is 5. The van der Waals surface area contributed by atoms with Crippen LogP contribution in [0.2, 0.25) is 0 Å².